The molecule has 1 aliphatic rings. The van der Waals surface area contributed by atoms with Crippen LogP contribution in [0, 0.1) is 33.6 Å². The van der Waals surface area contributed by atoms with E-state index in [2.05, 4.69) is 17.2 Å². The van der Waals surface area contributed by atoms with Crippen LogP contribution in [0.1, 0.15) is 52.6 Å². The third-order valence-electron chi connectivity index (χ3n) is 5.79. The highest BCUT2D eigenvalue weighted by molar-refractivity contribution is 7.89. The maximum Gasteiger partial charge on any atom is 0.272 e. The van der Waals surface area contributed by atoms with Crippen LogP contribution in [-0.2, 0) is 10.0 Å². The van der Waals surface area contributed by atoms with Crippen molar-refractivity contribution in [1.82, 2.24) is 9.29 Å². The number of sulfonamides is 1. The lowest BCUT2D eigenvalue weighted by Gasteiger charge is -2.29. The normalized spacial score (nSPS) is 16.3. The van der Waals surface area contributed by atoms with Crippen LogP contribution in [-0.4, -0.2) is 36.7 Å². The Hall–Kier alpha value is -2.12. The van der Waals surface area contributed by atoms with Crippen LogP contribution in [0.15, 0.2) is 23.1 Å². The summed E-state index contributed by atoms with van der Waals surface area (Å²) in [5, 5.41) is 2.91. The van der Waals surface area contributed by atoms with Gasteiger partial charge in [-0.05, 0) is 69.2 Å². The van der Waals surface area contributed by atoms with Gasteiger partial charge in [0.05, 0.1) is 0 Å². The van der Waals surface area contributed by atoms with Crippen LogP contribution in [0.4, 0.5) is 5.69 Å². The summed E-state index contributed by atoms with van der Waals surface area (Å²) in [6, 6.07) is 5.72. The molecule has 0 spiro atoms. The number of amides is 1. The van der Waals surface area contributed by atoms with E-state index in [-0.39, 0.29) is 10.8 Å². The molecule has 3 rings (SSSR count). The Kier molecular flexibility index (Phi) is 5.68. The monoisotopic (exact) mass is 403 g/mol. The van der Waals surface area contributed by atoms with Crippen molar-refractivity contribution in [3.05, 3.63) is 46.3 Å². The minimum Gasteiger partial charge on any atom is -0.353 e. The van der Waals surface area contributed by atoms with Gasteiger partial charge >= 0.3 is 0 Å². The van der Waals surface area contributed by atoms with Crippen LogP contribution < -0.4 is 5.32 Å². The SMILES string of the molecule is Cc1cccc(NC(=O)c2[nH]c(C)c(S(=O)(=O)N3CCC(C)CC3)c2C)c1C. The summed E-state index contributed by atoms with van der Waals surface area (Å²) in [7, 11) is -3.63. The number of piperidine rings is 1. The molecule has 1 aromatic carbocycles. The number of anilines is 1. The molecule has 2 aromatic rings. The maximum absolute atomic E-state index is 13.2. The van der Waals surface area contributed by atoms with E-state index in [1.54, 1.807) is 18.2 Å². The minimum absolute atomic E-state index is 0.230. The van der Waals surface area contributed by atoms with Gasteiger partial charge in [-0.15, -0.1) is 0 Å². The lowest BCUT2D eigenvalue weighted by atomic mass is 10.0. The van der Waals surface area contributed by atoms with Gasteiger partial charge in [-0.2, -0.15) is 4.31 Å². The van der Waals surface area contributed by atoms with Crippen molar-refractivity contribution in [3.8, 4) is 0 Å². The molecule has 1 saturated heterocycles. The lowest BCUT2D eigenvalue weighted by Crippen LogP contribution is -2.38. The molecule has 0 atom stereocenters. The van der Waals surface area contributed by atoms with Crippen molar-refractivity contribution in [2.75, 3.05) is 18.4 Å². The Morgan fingerprint density at radius 3 is 2.39 bits per heavy atom. The number of carbonyl (C=O) groups is 1. The molecular weight excluding hydrogens is 374 g/mol. The highest BCUT2D eigenvalue weighted by atomic mass is 32.2. The molecule has 1 amide bonds. The number of aryl methyl sites for hydroxylation is 2. The highest BCUT2D eigenvalue weighted by Gasteiger charge is 2.33. The standard InChI is InChI=1S/C21H29N3O3S/c1-13-9-11-24(12-10-13)28(26,27)20-16(4)19(22-17(20)5)21(25)23-18-8-6-7-14(2)15(18)3/h6-8,13,22H,9-12H2,1-5H3,(H,23,25). The predicted molar refractivity (Wildman–Crippen MR) is 111 cm³/mol. The Morgan fingerprint density at radius 1 is 1.11 bits per heavy atom. The van der Waals surface area contributed by atoms with E-state index in [0.717, 1.165) is 29.7 Å². The average molecular weight is 404 g/mol. The smallest absolute Gasteiger partial charge is 0.272 e. The summed E-state index contributed by atoms with van der Waals surface area (Å²) >= 11 is 0. The second-order valence-electron chi connectivity index (χ2n) is 7.87. The van der Waals surface area contributed by atoms with Crippen LogP contribution in [0.2, 0.25) is 0 Å². The molecule has 28 heavy (non-hydrogen) atoms. The molecule has 0 unspecified atom stereocenters. The quantitative estimate of drug-likeness (QED) is 0.812. The zero-order valence-corrected chi connectivity index (χ0v) is 18.0. The van der Waals surface area contributed by atoms with Gasteiger partial charge in [0, 0.05) is 24.5 Å². The van der Waals surface area contributed by atoms with Gasteiger partial charge in [0.15, 0.2) is 0 Å². The summed E-state index contributed by atoms with van der Waals surface area (Å²) in [6.45, 7) is 10.5. The maximum atomic E-state index is 13.2. The molecule has 6 nitrogen and oxygen atoms in total. The van der Waals surface area contributed by atoms with Gasteiger partial charge in [-0.25, -0.2) is 8.42 Å². The molecule has 1 aromatic heterocycles. The van der Waals surface area contributed by atoms with E-state index in [1.807, 2.05) is 32.0 Å². The number of aromatic amines is 1. The first-order chi connectivity index (χ1) is 13.1. The van der Waals surface area contributed by atoms with Crippen molar-refractivity contribution < 1.29 is 13.2 Å². The number of nitrogens with one attached hydrogen (secondary N) is 2. The molecule has 2 N–H and O–H groups in total. The van der Waals surface area contributed by atoms with E-state index in [4.69, 9.17) is 0 Å². The van der Waals surface area contributed by atoms with Gasteiger partial charge in [-0.1, -0.05) is 19.1 Å². The number of benzene rings is 1. The van der Waals surface area contributed by atoms with Crippen molar-refractivity contribution in [1.29, 1.82) is 0 Å². The molecule has 0 radical (unpaired) electrons. The fourth-order valence-corrected chi connectivity index (χ4v) is 5.65. The third-order valence-corrected chi connectivity index (χ3v) is 7.96. The summed E-state index contributed by atoms with van der Waals surface area (Å²) < 4.78 is 27.9. The Labute approximate surface area is 167 Å². The largest absolute Gasteiger partial charge is 0.353 e. The van der Waals surface area contributed by atoms with Gasteiger partial charge in [0.2, 0.25) is 10.0 Å². The number of hydrogen-bond acceptors (Lipinski definition) is 3. The van der Waals surface area contributed by atoms with Crippen LogP contribution in [0.3, 0.4) is 0 Å². The molecule has 1 aliphatic heterocycles. The second-order valence-corrected chi connectivity index (χ2v) is 9.74. The average Bonchev–Trinajstić information content (AvgIpc) is 2.94. The number of H-pyrrole nitrogens is 1. The number of hydrogen-bond donors (Lipinski definition) is 2. The van der Waals surface area contributed by atoms with E-state index in [1.165, 1.54) is 0 Å². The molecule has 7 heteroatoms. The predicted octanol–water partition coefficient (Wildman–Crippen LogP) is 3.92. The van der Waals surface area contributed by atoms with Crippen LogP contribution in [0.5, 0.6) is 0 Å². The molecular formula is C21H29N3O3S. The third kappa shape index (κ3) is 3.73. The van der Waals surface area contributed by atoms with Crippen LogP contribution >= 0.6 is 0 Å². The zero-order chi connectivity index (χ0) is 20.6. The molecule has 0 aliphatic carbocycles. The Bertz CT molecular complexity index is 1000. The molecule has 1 fully saturated rings. The summed E-state index contributed by atoms with van der Waals surface area (Å²) in [4.78, 5) is 16.1. The Morgan fingerprint density at radius 2 is 1.75 bits per heavy atom. The zero-order valence-electron chi connectivity index (χ0n) is 17.2. The first-order valence-corrected chi connectivity index (χ1v) is 11.1. The fourth-order valence-electron chi connectivity index (χ4n) is 3.77. The van der Waals surface area contributed by atoms with E-state index in [0.29, 0.717) is 36.0 Å². The summed E-state index contributed by atoms with van der Waals surface area (Å²) in [6.07, 6.45) is 1.73. The first kappa shape index (κ1) is 20.6. The Balaban J connectivity index is 1.91. The topological polar surface area (TPSA) is 82.3 Å². The molecule has 152 valence electrons. The van der Waals surface area contributed by atoms with Crippen molar-refractivity contribution in [3.63, 3.8) is 0 Å². The number of carbonyl (C=O) groups excluding carboxylic acids is 1. The van der Waals surface area contributed by atoms with Crippen molar-refractivity contribution >= 4 is 21.6 Å². The summed E-state index contributed by atoms with van der Waals surface area (Å²) in [5.74, 6) is 0.210. The van der Waals surface area contributed by atoms with E-state index < -0.39 is 10.0 Å². The number of nitrogens with zero attached hydrogens (tertiary/aromatic N) is 1. The van der Waals surface area contributed by atoms with Gasteiger partial charge in [0.25, 0.3) is 5.91 Å². The number of aromatic nitrogens is 1. The summed E-state index contributed by atoms with van der Waals surface area (Å²) in [5.41, 5.74) is 4.07. The van der Waals surface area contributed by atoms with E-state index >= 15 is 0 Å². The molecule has 2 heterocycles. The number of rotatable bonds is 4. The molecule has 0 saturated carbocycles. The molecule has 0 bridgehead atoms. The fraction of sp³-hybridized carbons (Fsp3) is 0.476. The minimum atomic E-state index is -3.63. The van der Waals surface area contributed by atoms with Gasteiger partial charge in [-0.3, -0.25) is 4.79 Å². The second kappa shape index (κ2) is 7.72. The first-order valence-electron chi connectivity index (χ1n) is 9.69. The lowest BCUT2D eigenvalue weighted by molar-refractivity contribution is 0.102. The van der Waals surface area contributed by atoms with Gasteiger partial charge < -0.3 is 10.3 Å². The van der Waals surface area contributed by atoms with Gasteiger partial charge in [0.1, 0.15) is 10.6 Å². The van der Waals surface area contributed by atoms with Crippen molar-refractivity contribution in [2.24, 2.45) is 5.92 Å². The van der Waals surface area contributed by atoms with Crippen molar-refractivity contribution in [2.45, 2.75) is 52.4 Å². The van der Waals surface area contributed by atoms with Crippen LogP contribution in [0.25, 0.3) is 0 Å². The van der Waals surface area contributed by atoms with E-state index in [9.17, 15) is 13.2 Å². The highest BCUT2D eigenvalue weighted by Crippen LogP contribution is 2.30.